The molecule has 2 aliphatic carbocycles. The van der Waals surface area contributed by atoms with Crippen LogP contribution in [0.2, 0.25) is 0 Å². The maximum absolute atomic E-state index is 13.6. The first-order valence-corrected chi connectivity index (χ1v) is 12.5. The molecule has 1 fully saturated rings. The van der Waals surface area contributed by atoms with Crippen LogP contribution < -0.4 is 14.8 Å². The van der Waals surface area contributed by atoms with Crippen LogP contribution in [0.15, 0.2) is 40.2 Å². The average molecular weight is 516 g/mol. The first-order valence-electron chi connectivity index (χ1n) is 11.7. The Bertz CT molecular complexity index is 1050. The maximum atomic E-state index is 13.6. The fourth-order valence-electron chi connectivity index (χ4n) is 5.65. The normalized spacial score (nSPS) is 26.6. The van der Waals surface area contributed by atoms with Crippen LogP contribution in [-0.2, 0) is 14.3 Å². The summed E-state index contributed by atoms with van der Waals surface area (Å²) >= 11 is 3.67. The number of fused-ring (bicyclic) bond motifs is 1. The first kappa shape index (κ1) is 22.5. The lowest BCUT2D eigenvalue weighted by Crippen LogP contribution is -2.44. The number of ether oxygens (including phenoxy) is 3. The van der Waals surface area contributed by atoms with Gasteiger partial charge in [0.1, 0.15) is 12.0 Å². The number of carbonyl (C=O) groups is 2. The number of esters is 1. The molecule has 1 N–H and O–H groups in total. The summed E-state index contributed by atoms with van der Waals surface area (Å²) < 4.78 is 17.9. The van der Waals surface area contributed by atoms with Crippen molar-refractivity contribution in [1.82, 2.24) is 5.32 Å². The van der Waals surface area contributed by atoms with Gasteiger partial charge in [-0.05, 0) is 55.2 Å². The van der Waals surface area contributed by atoms with E-state index in [-0.39, 0.29) is 30.1 Å². The van der Waals surface area contributed by atoms with Gasteiger partial charge in [-0.3, -0.25) is 9.59 Å². The molecule has 0 aromatic heterocycles. The zero-order valence-electron chi connectivity index (χ0n) is 19.2. The second-order valence-electron chi connectivity index (χ2n) is 10.4. The number of ketones is 1. The van der Waals surface area contributed by atoms with Crippen LogP contribution in [0, 0.1) is 11.3 Å². The number of benzene rings is 1. The summed E-state index contributed by atoms with van der Waals surface area (Å²) in [5, 5.41) is 3.34. The van der Waals surface area contributed by atoms with E-state index < -0.39 is 11.8 Å². The predicted molar refractivity (Wildman–Crippen MR) is 127 cm³/mol. The number of Topliss-reactive ketones (excluding diaryl/α,β-unsaturated/α-hetero) is 1. The summed E-state index contributed by atoms with van der Waals surface area (Å²) in [7, 11) is 0. The number of carbonyl (C=O) groups excluding carboxylic acids is 2. The van der Waals surface area contributed by atoms with Gasteiger partial charge in [0, 0.05) is 33.8 Å². The third-order valence-corrected chi connectivity index (χ3v) is 7.85. The molecule has 5 rings (SSSR count). The van der Waals surface area contributed by atoms with Crippen molar-refractivity contribution < 1.29 is 23.8 Å². The van der Waals surface area contributed by atoms with Gasteiger partial charge in [-0.25, -0.2) is 0 Å². The summed E-state index contributed by atoms with van der Waals surface area (Å²) in [5.41, 5.74) is 2.75. The van der Waals surface area contributed by atoms with Crippen molar-refractivity contribution in [2.24, 2.45) is 11.3 Å². The Morgan fingerprint density at radius 1 is 1.15 bits per heavy atom. The van der Waals surface area contributed by atoms with Crippen molar-refractivity contribution in [2.45, 2.75) is 70.8 Å². The summed E-state index contributed by atoms with van der Waals surface area (Å²) in [4.78, 5) is 27.1. The Hall–Kier alpha value is -2.28. The van der Waals surface area contributed by atoms with Gasteiger partial charge < -0.3 is 19.5 Å². The quantitative estimate of drug-likeness (QED) is 0.534. The van der Waals surface area contributed by atoms with Gasteiger partial charge in [-0.2, -0.15) is 0 Å². The Morgan fingerprint density at radius 3 is 2.58 bits per heavy atom. The van der Waals surface area contributed by atoms with E-state index in [0.717, 1.165) is 47.8 Å². The minimum absolute atomic E-state index is 0.0614. The van der Waals surface area contributed by atoms with Crippen molar-refractivity contribution in [3.05, 3.63) is 45.7 Å². The third kappa shape index (κ3) is 4.20. The highest BCUT2D eigenvalue weighted by atomic mass is 79.9. The van der Waals surface area contributed by atoms with Crippen LogP contribution in [0.3, 0.4) is 0 Å². The molecule has 0 spiro atoms. The average Bonchev–Trinajstić information content (AvgIpc) is 3.19. The highest BCUT2D eigenvalue weighted by Crippen LogP contribution is 2.51. The van der Waals surface area contributed by atoms with Gasteiger partial charge in [0.05, 0.1) is 0 Å². The monoisotopic (exact) mass is 515 g/mol. The van der Waals surface area contributed by atoms with Crippen LogP contribution in [0.1, 0.15) is 70.3 Å². The van der Waals surface area contributed by atoms with E-state index in [0.29, 0.717) is 29.2 Å². The lowest BCUT2D eigenvalue weighted by Gasteiger charge is -2.42. The molecule has 2 heterocycles. The lowest BCUT2D eigenvalue weighted by atomic mass is 9.66. The van der Waals surface area contributed by atoms with Crippen molar-refractivity contribution >= 4 is 27.7 Å². The number of allylic oxidation sites excluding steroid dienone is 2. The number of halogens is 1. The molecule has 1 saturated carbocycles. The molecule has 0 saturated heterocycles. The lowest BCUT2D eigenvalue weighted by molar-refractivity contribution is -0.155. The summed E-state index contributed by atoms with van der Waals surface area (Å²) in [6, 6.07) is 3.73. The third-order valence-electron chi connectivity index (χ3n) is 7.17. The highest BCUT2D eigenvalue weighted by molar-refractivity contribution is 9.10. The van der Waals surface area contributed by atoms with E-state index in [2.05, 4.69) is 41.7 Å². The molecule has 1 aromatic rings. The van der Waals surface area contributed by atoms with E-state index >= 15 is 0 Å². The molecular weight excluding hydrogens is 486 g/mol. The molecule has 4 aliphatic rings. The van der Waals surface area contributed by atoms with Gasteiger partial charge >= 0.3 is 5.97 Å². The van der Waals surface area contributed by atoms with Crippen molar-refractivity contribution in [3.63, 3.8) is 0 Å². The molecule has 2 atom stereocenters. The van der Waals surface area contributed by atoms with E-state index in [9.17, 15) is 9.59 Å². The molecule has 1 aromatic carbocycles. The fraction of sp³-hybridized carbons (Fsp3) is 0.538. The zero-order valence-corrected chi connectivity index (χ0v) is 20.8. The summed E-state index contributed by atoms with van der Waals surface area (Å²) in [6.45, 7) is 8.56. The van der Waals surface area contributed by atoms with Gasteiger partial charge in [0.15, 0.2) is 17.3 Å². The second kappa shape index (κ2) is 8.49. The van der Waals surface area contributed by atoms with Crippen molar-refractivity contribution in [3.8, 4) is 11.5 Å². The Labute approximate surface area is 202 Å². The van der Waals surface area contributed by atoms with Crippen LogP contribution in [0.4, 0.5) is 0 Å². The molecule has 6 nitrogen and oxygen atoms in total. The van der Waals surface area contributed by atoms with E-state index in [4.69, 9.17) is 14.2 Å². The molecule has 2 aliphatic heterocycles. The second-order valence-corrected chi connectivity index (χ2v) is 11.2. The zero-order chi connectivity index (χ0) is 23.3. The standard InChI is InChI=1S/C26H30BrNO5/c1-14-22(25(30)33-15-7-5-4-6-8-15)23(16-9-20-21(10-17(16)27)32-13-31-20)24-18(28-14)11-26(2,3)12-19(24)29/h9-10,15,22-23,28H,1,4-8,11-13H2,2-3H3. The van der Waals surface area contributed by atoms with Crippen LogP contribution in [-0.4, -0.2) is 24.6 Å². The van der Waals surface area contributed by atoms with E-state index in [1.54, 1.807) is 0 Å². The van der Waals surface area contributed by atoms with Crippen LogP contribution in [0.25, 0.3) is 0 Å². The number of nitrogens with one attached hydrogen (secondary N) is 1. The molecule has 176 valence electrons. The van der Waals surface area contributed by atoms with Crippen LogP contribution in [0.5, 0.6) is 11.5 Å². The van der Waals surface area contributed by atoms with Gasteiger partial charge in [-0.1, -0.05) is 42.8 Å². The SMILES string of the molecule is C=C1NC2=C(C(=O)CC(C)(C)C2)C(c2cc3c(cc2Br)OCO3)C1C(=O)OC1CCCCC1. The van der Waals surface area contributed by atoms with Gasteiger partial charge in [0.2, 0.25) is 6.79 Å². The predicted octanol–water partition coefficient (Wildman–Crippen LogP) is 5.51. The Balaban J connectivity index is 1.59. The smallest absolute Gasteiger partial charge is 0.316 e. The Morgan fingerprint density at radius 2 is 1.85 bits per heavy atom. The van der Waals surface area contributed by atoms with E-state index in [1.807, 2.05) is 12.1 Å². The largest absolute Gasteiger partial charge is 0.462 e. The topological polar surface area (TPSA) is 73.9 Å². The number of rotatable bonds is 3. The number of hydrogen-bond acceptors (Lipinski definition) is 6. The molecule has 0 radical (unpaired) electrons. The van der Waals surface area contributed by atoms with Crippen molar-refractivity contribution in [2.75, 3.05) is 6.79 Å². The van der Waals surface area contributed by atoms with Crippen LogP contribution >= 0.6 is 15.9 Å². The molecular formula is C26H30BrNO5. The van der Waals surface area contributed by atoms with Gasteiger partial charge in [-0.15, -0.1) is 0 Å². The molecule has 0 bridgehead atoms. The minimum Gasteiger partial charge on any atom is -0.462 e. The van der Waals surface area contributed by atoms with E-state index in [1.165, 1.54) is 6.42 Å². The first-order chi connectivity index (χ1) is 15.7. The fourth-order valence-corrected chi connectivity index (χ4v) is 6.22. The molecule has 2 unspecified atom stereocenters. The molecule has 0 amide bonds. The maximum Gasteiger partial charge on any atom is 0.316 e. The highest BCUT2D eigenvalue weighted by Gasteiger charge is 2.48. The molecule has 7 heteroatoms. The van der Waals surface area contributed by atoms with Gasteiger partial charge in [0.25, 0.3) is 0 Å². The molecule has 33 heavy (non-hydrogen) atoms. The Kier molecular flexibility index (Phi) is 5.79. The number of hydrogen-bond donors (Lipinski definition) is 1. The minimum atomic E-state index is -0.701. The summed E-state index contributed by atoms with van der Waals surface area (Å²) in [6.07, 6.45) is 6.17. The van der Waals surface area contributed by atoms with Crippen molar-refractivity contribution in [1.29, 1.82) is 0 Å². The summed E-state index contributed by atoms with van der Waals surface area (Å²) in [5.74, 6) is -0.207.